The molecule has 0 aromatic heterocycles. The quantitative estimate of drug-likeness (QED) is 0.830. The first-order valence-corrected chi connectivity index (χ1v) is 8.57. The maximum atomic E-state index is 12.1. The van der Waals surface area contributed by atoms with Crippen LogP contribution in [0.5, 0.6) is 5.75 Å². The topological polar surface area (TPSA) is 50.4 Å². The smallest absolute Gasteiger partial charge is 0.224 e. The number of halogens is 1. The maximum absolute atomic E-state index is 12.1. The molecule has 0 bridgehead atoms. The third kappa shape index (κ3) is 5.70. The van der Waals surface area contributed by atoms with Crippen LogP contribution in [0.2, 0.25) is 0 Å². The number of carbonyl (C=O) groups excluding carboxylic acids is 1. The molecular weight excluding hydrogens is 312 g/mol. The Morgan fingerprint density at radius 3 is 2.83 bits per heavy atom. The van der Waals surface area contributed by atoms with E-state index in [1.807, 2.05) is 24.3 Å². The molecule has 1 amide bonds. The summed E-state index contributed by atoms with van der Waals surface area (Å²) in [6, 6.07) is 7.78. The van der Waals surface area contributed by atoms with Crippen LogP contribution in [0.1, 0.15) is 44.9 Å². The second kappa shape index (κ2) is 9.14. The van der Waals surface area contributed by atoms with Crippen molar-refractivity contribution in [2.45, 2.75) is 51.0 Å². The summed E-state index contributed by atoms with van der Waals surface area (Å²) in [5.41, 5.74) is 0.838. The fraction of sp³-hybridized carbons (Fsp3) is 0.611. The average Bonchev–Trinajstić information content (AvgIpc) is 3.19. The van der Waals surface area contributed by atoms with Crippen molar-refractivity contribution in [2.24, 2.45) is 5.92 Å². The molecule has 5 heteroatoms. The van der Waals surface area contributed by atoms with Gasteiger partial charge in [0.1, 0.15) is 5.75 Å². The molecule has 1 aromatic carbocycles. The fourth-order valence-corrected chi connectivity index (χ4v) is 3.37. The molecule has 23 heavy (non-hydrogen) atoms. The van der Waals surface area contributed by atoms with Crippen LogP contribution in [0.3, 0.4) is 0 Å². The van der Waals surface area contributed by atoms with Gasteiger partial charge >= 0.3 is 0 Å². The lowest BCUT2D eigenvalue weighted by Gasteiger charge is -2.14. The van der Waals surface area contributed by atoms with E-state index in [9.17, 15) is 4.79 Å². The highest BCUT2D eigenvalue weighted by atomic mass is 35.5. The average molecular weight is 339 g/mol. The minimum absolute atomic E-state index is 0. The molecule has 128 valence electrons. The van der Waals surface area contributed by atoms with Gasteiger partial charge in [0.15, 0.2) is 0 Å². The minimum atomic E-state index is 0. The van der Waals surface area contributed by atoms with Gasteiger partial charge in [-0.05, 0) is 69.7 Å². The third-order valence-corrected chi connectivity index (χ3v) is 4.66. The summed E-state index contributed by atoms with van der Waals surface area (Å²) >= 11 is 0. The van der Waals surface area contributed by atoms with Crippen LogP contribution in [-0.4, -0.2) is 25.1 Å². The molecule has 1 heterocycles. The molecule has 4 nitrogen and oxygen atoms in total. The Morgan fingerprint density at radius 2 is 2.09 bits per heavy atom. The molecule has 0 spiro atoms. The lowest BCUT2D eigenvalue weighted by Crippen LogP contribution is -2.15. The van der Waals surface area contributed by atoms with Gasteiger partial charge in [0.25, 0.3) is 0 Å². The molecule has 1 saturated carbocycles. The molecule has 2 fully saturated rings. The van der Waals surface area contributed by atoms with Crippen LogP contribution in [0.4, 0.5) is 5.69 Å². The molecule has 1 saturated heterocycles. The molecule has 1 atom stereocenters. The van der Waals surface area contributed by atoms with Crippen LogP contribution in [0.15, 0.2) is 24.3 Å². The van der Waals surface area contributed by atoms with Crippen LogP contribution in [0.25, 0.3) is 0 Å². The number of ether oxygens (including phenoxy) is 1. The van der Waals surface area contributed by atoms with Crippen LogP contribution < -0.4 is 15.4 Å². The lowest BCUT2D eigenvalue weighted by atomic mass is 10.0. The number of nitrogens with one attached hydrogen (secondary N) is 2. The summed E-state index contributed by atoms with van der Waals surface area (Å²) in [4.78, 5) is 12.1. The molecular formula is C18H27ClN2O2. The number of benzene rings is 1. The van der Waals surface area contributed by atoms with Crippen molar-refractivity contribution in [3.8, 4) is 5.75 Å². The van der Waals surface area contributed by atoms with Gasteiger partial charge in [-0.3, -0.25) is 4.79 Å². The molecule has 1 unspecified atom stereocenters. The zero-order valence-electron chi connectivity index (χ0n) is 13.6. The predicted molar refractivity (Wildman–Crippen MR) is 95.4 cm³/mol. The van der Waals surface area contributed by atoms with Gasteiger partial charge in [0.2, 0.25) is 5.91 Å². The first-order valence-electron chi connectivity index (χ1n) is 8.57. The molecule has 2 N–H and O–H groups in total. The molecule has 0 radical (unpaired) electrons. The van der Waals surface area contributed by atoms with Gasteiger partial charge in [0.05, 0.1) is 6.10 Å². The number of amides is 1. The van der Waals surface area contributed by atoms with E-state index in [-0.39, 0.29) is 18.3 Å². The van der Waals surface area contributed by atoms with Crippen molar-refractivity contribution in [1.29, 1.82) is 0 Å². The van der Waals surface area contributed by atoms with E-state index < -0.39 is 0 Å². The van der Waals surface area contributed by atoms with Gasteiger partial charge in [0, 0.05) is 18.2 Å². The SMILES string of the molecule is Cl.O=C(CCC1CCNC1)Nc1cccc(OC2CCCC2)c1. The number of hydrogen-bond donors (Lipinski definition) is 2. The number of rotatable bonds is 6. The van der Waals surface area contributed by atoms with Gasteiger partial charge in [-0.15, -0.1) is 12.4 Å². The second-order valence-corrected chi connectivity index (χ2v) is 6.50. The van der Waals surface area contributed by atoms with Crippen molar-refractivity contribution in [3.05, 3.63) is 24.3 Å². The monoisotopic (exact) mass is 338 g/mol. The first-order chi connectivity index (χ1) is 10.8. The summed E-state index contributed by atoms with van der Waals surface area (Å²) in [5, 5.41) is 6.33. The van der Waals surface area contributed by atoms with Crippen LogP contribution >= 0.6 is 12.4 Å². The Morgan fingerprint density at radius 1 is 1.26 bits per heavy atom. The maximum Gasteiger partial charge on any atom is 0.224 e. The van der Waals surface area contributed by atoms with Gasteiger partial charge in [-0.1, -0.05) is 6.07 Å². The molecule has 1 aliphatic carbocycles. The summed E-state index contributed by atoms with van der Waals surface area (Å²) in [5.74, 6) is 1.62. The highest BCUT2D eigenvalue weighted by Crippen LogP contribution is 2.26. The lowest BCUT2D eigenvalue weighted by molar-refractivity contribution is -0.116. The number of hydrogen-bond acceptors (Lipinski definition) is 3. The van der Waals surface area contributed by atoms with Crippen LogP contribution in [0, 0.1) is 5.92 Å². The van der Waals surface area contributed by atoms with E-state index in [2.05, 4.69) is 10.6 Å². The van der Waals surface area contributed by atoms with E-state index in [1.165, 1.54) is 19.3 Å². The Balaban J connectivity index is 0.00000192. The predicted octanol–water partition coefficient (Wildman–Crippen LogP) is 3.76. The summed E-state index contributed by atoms with van der Waals surface area (Å²) < 4.78 is 5.98. The van der Waals surface area contributed by atoms with Gasteiger partial charge < -0.3 is 15.4 Å². The zero-order valence-corrected chi connectivity index (χ0v) is 14.4. The van der Waals surface area contributed by atoms with Crippen molar-refractivity contribution in [3.63, 3.8) is 0 Å². The van der Waals surface area contributed by atoms with E-state index in [1.54, 1.807) is 0 Å². The van der Waals surface area contributed by atoms with E-state index in [4.69, 9.17) is 4.74 Å². The zero-order chi connectivity index (χ0) is 15.2. The van der Waals surface area contributed by atoms with Crippen molar-refractivity contribution in [2.75, 3.05) is 18.4 Å². The third-order valence-electron chi connectivity index (χ3n) is 4.66. The van der Waals surface area contributed by atoms with Crippen molar-refractivity contribution in [1.82, 2.24) is 5.32 Å². The first kappa shape index (κ1) is 18.1. The highest BCUT2D eigenvalue weighted by molar-refractivity contribution is 5.90. The Labute approximate surface area is 144 Å². The Hall–Kier alpha value is -1.26. The van der Waals surface area contributed by atoms with E-state index in [0.29, 0.717) is 18.4 Å². The molecule has 1 aliphatic heterocycles. The fourth-order valence-electron chi connectivity index (χ4n) is 3.37. The second-order valence-electron chi connectivity index (χ2n) is 6.50. The highest BCUT2D eigenvalue weighted by Gasteiger charge is 2.17. The van der Waals surface area contributed by atoms with Crippen LogP contribution in [-0.2, 0) is 4.79 Å². The normalized spacial score (nSPS) is 21.0. The summed E-state index contributed by atoms with van der Waals surface area (Å²) in [6.45, 7) is 2.14. The van der Waals surface area contributed by atoms with Gasteiger partial charge in [-0.2, -0.15) is 0 Å². The Kier molecular flexibility index (Phi) is 7.18. The summed E-state index contributed by atoms with van der Waals surface area (Å²) in [7, 11) is 0. The van der Waals surface area contributed by atoms with Gasteiger partial charge in [-0.25, -0.2) is 0 Å². The molecule has 1 aromatic rings. The van der Waals surface area contributed by atoms with E-state index in [0.717, 1.165) is 43.8 Å². The molecule has 3 rings (SSSR count). The van der Waals surface area contributed by atoms with E-state index >= 15 is 0 Å². The number of anilines is 1. The minimum Gasteiger partial charge on any atom is -0.490 e. The Bertz CT molecular complexity index is 498. The standard InChI is InChI=1S/C18H26N2O2.ClH/c21-18(9-8-14-10-11-19-13-14)20-15-4-3-7-17(12-15)22-16-5-1-2-6-16;/h3-4,7,12,14,16,19H,1-2,5-6,8-11,13H2,(H,20,21);1H. The van der Waals surface area contributed by atoms with Crippen molar-refractivity contribution < 1.29 is 9.53 Å². The number of carbonyl (C=O) groups is 1. The molecule has 2 aliphatic rings. The summed E-state index contributed by atoms with van der Waals surface area (Å²) in [6.07, 6.45) is 7.92. The largest absolute Gasteiger partial charge is 0.490 e. The van der Waals surface area contributed by atoms with Crippen molar-refractivity contribution >= 4 is 24.0 Å².